The summed E-state index contributed by atoms with van der Waals surface area (Å²) >= 11 is 0. The molecule has 0 saturated carbocycles. The summed E-state index contributed by atoms with van der Waals surface area (Å²) in [4.78, 5) is 0. The van der Waals surface area contributed by atoms with E-state index in [0.717, 1.165) is 0 Å². The SMILES string of the molecule is CCCCCCC(F)(F)C(F)(F)C(F)(F)C(F)(F)C(F)(F)C(F)(F)C(F)(F)C(F)(F)C(F)(F)C(F)(F)F. The Kier molecular flexibility index (Phi) is 9.24. The van der Waals surface area contributed by atoms with E-state index in [1.807, 2.05) is 0 Å². The molecular formula is C16H13F21. The van der Waals surface area contributed by atoms with Crippen LogP contribution in [0.3, 0.4) is 0 Å². The van der Waals surface area contributed by atoms with Crippen molar-refractivity contribution in [2.45, 2.75) is 98.5 Å². The lowest BCUT2D eigenvalue weighted by Gasteiger charge is -2.44. The largest absolute Gasteiger partial charge is 0.460 e. The molecule has 0 atom stereocenters. The molecule has 0 amide bonds. The molecule has 0 aliphatic rings. The summed E-state index contributed by atoms with van der Waals surface area (Å²) in [6, 6.07) is 0. The molecule has 0 aromatic heterocycles. The Morgan fingerprint density at radius 3 is 0.865 bits per heavy atom. The van der Waals surface area contributed by atoms with E-state index in [2.05, 4.69) is 0 Å². The lowest BCUT2D eigenvalue weighted by Crippen LogP contribution is -2.76. The van der Waals surface area contributed by atoms with Crippen molar-refractivity contribution in [3.05, 3.63) is 0 Å². The van der Waals surface area contributed by atoms with Crippen molar-refractivity contribution in [2.75, 3.05) is 0 Å². The maximum Gasteiger partial charge on any atom is 0.460 e. The molecule has 0 heterocycles. The summed E-state index contributed by atoms with van der Waals surface area (Å²) in [5.74, 6) is -76.2. The number of halogens is 21. The fourth-order valence-corrected chi connectivity index (χ4v) is 2.52. The fraction of sp³-hybridized carbons (Fsp3) is 1.00. The zero-order valence-corrected chi connectivity index (χ0v) is 17.5. The maximum absolute atomic E-state index is 13.6. The van der Waals surface area contributed by atoms with E-state index < -0.39 is 78.7 Å². The number of unbranched alkanes of at least 4 members (excludes halogenated alkanes) is 3. The lowest BCUT2D eigenvalue weighted by atomic mass is 9.85. The van der Waals surface area contributed by atoms with Crippen LogP contribution >= 0.6 is 0 Å². The highest BCUT2D eigenvalue weighted by molar-refractivity contribution is 5.17. The quantitative estimate of drug-likeness (QED) is 0.145. The van der Waals surface area contributed by atoms with Crippen LogP contribution in [0.2, 0.25) is 0 Å². The topological polar surface area (TPSA) is 0 Å². The van der Waals surface area contributed by atoms with Crippen LogP contribution in [-0.2, 0) is 0 Å². The Morgan fingerprint density at radius 2 is 0.595 bits per heavy atom. The molecule has 0 N–H and O–H groups in total. The fourth-order valence-electron chi connectivity index (χ4n) is 2.52. The smallest absolute Gasteiger partial charge is 0.200 e. The summed E-state index contributed by atoms with van der Waals surface area (Å²) in [7, 11) is 0. The molecule has 0 bridgehead atoms. The molecule has 0 fully saturated rings. The predicted octanol–water partition coefficient (Wildman–Crippen LogP) is 9.24. The van der Waals surface area contributed by atoms with Gasteiger partial charge >= 0.3 is 59.5 Å². The first-order chi connectivity index (χ1) is 15.8. The van der Waals surface area contributed by atoms with E-state index in [9.17, 15) is 92.2 Å². The third-order valence-electron chi connectivity index (χ3n) is 4.92. The molecule has 0 aliphatic heterocycles. The van der Waals surface area contributed by atoms with Gasteiger partial charge in [0, 0.05) is 6.42 Å². The Labute approximate surface area is 192 Å². The molecule has 37 heavy (non-hydrogen) atoms. The molecule has 0 aromatic carbocycles. The van der Waals surface area contributed by atoms with Gasteiger partial charge in [0.1, 0.15) is 0 Å². The third-order valence-corrected chi connectivity index (χ3v) is 4.92. The van der Waals surface area contributed by atoms with Crippen molar-refractivity contribution in [1.29, 1.82) is 0 Å². The van der Waals surface area contributed by atoms with Crippen LogP contribution < -0.4 is 0 Å². The average molecular weight is 604 g/mol. The Morgan fingerprint density at radius 1 is 0.324 bits per heavy atom. The number of hydrogen-bond acceptors (Lipinski definition) is 0. The van der Waals surface area contributed by atoms with Crippen LogP contribution in [0, 0.1) is 0 Å². The Hall–Kier alpha value is -1.47. The van der Waals surface area contributed by atoms with Gasteiger partial charge in [0.05, 0.1) is 0 Å². The van der Waals surface area contributed by atoms with Crippen LogP contribution in [0.25, 0.3) is 0 Å². The van der Waals surface area contributed by atoms with Crippen molar-refractivity contribution < 1.29 is 92.2 Å². The van der Waals surface area contributed by atoms with Crippen LogP contribution in [0.1, 0.15) is 39.0 Å². The van der Waals surface area contributed by atoms with Gasteiger partial charge < -0.3 is 0 Å². The van der Waals surface area contributed by atoms with Crippen LogP contribution in [0.4, 0.5) is 92.2 Å². The number of alkyl halides is 21. The molecule has 0 spiro atoms. The van der Waals surface area contributed by atoms with Gasteiger partial charge in [-0.1, -0.05) is 26.2 Å². The summed E-state index contributed by atoms with van der Waals surface area (Å²) in [5.41, 5.74) is 0. The van der Waals surface area contributed by atoms with Gasteiger partial charge in [0.15, 0.2) is 0 Å². The standard InChI is InChI=1S/C16H13F21/c1-2-3-4-5-6-7(17,18)8(19,20)9(21,22)10(23,24)11(25,26)12(27,28)13(29,30)14(31,32)15(33,34)16(35,36)37/h2-6H2,1H3. The van der Waals surface area contributed by atoms with E-state index in [1.54, 1.807) is 0 Å². The first kappa shape index (κ1) is 35.5. The molecule has 0 aromatic rings. The highest BCUT2D eigenvalue weighted by Crippen LogP contribution is 2.66. The summed E-state index contributed by atoms with van der Waals surface area (Å²) in [6.45, 7) is 1.38. The molecule has 0 radical (unpaired) electrons. The predicted molar refractivity (Wildman–Crippen MR) is 79.3 cm³/mol. The van der Waals surface area contributed by atoms with Gasteiger partial charge in [-0.05, 0) is 6.42 Å². The zero-order chi connectivity index (χ0) is 30.5. The van der Waals surface area contributed by atoms with Gasteiger partial charge in [-0.3, -0.25) is 0 Å². The molecule has 0 nitrogen and oxygen atoms in total. The third kappa shape index (κ3) is 4.88. The minimum Gasteiger partial charge on any atom is -0.200 e. The maximum atomic E-state index is 13.6. The molecular weight excluding hydrogens is 591 g/mol. The average Bonchev–Trinajstić information content (AvgIpc) is 2.69. The molecule has 0 unspecified atom stereocenters. The highest BCUT2D eigenvalue weighted by Gasteiger charge is 2.97. The van der Waals surface area contributed by atoms with Crippen LogP contribution in [0.15, 0.2) is 0 Å². The van der Waals surface area contributed by atoms with Crippen LogP contribution in [0.5, 0.6) is 0 Å². The minimum atomic E-state index is -9.13. The van der Waals surface area contributed by atoms with Gasteiger partial charge in [-0.2, -0.15) is 92.2 Å². The number of rotatable bonds is 13. The van der Waals surface area contributed by atoms with E-state index >= 15 is 0 Å². The molecule has 224 valence electrons. The van der Waals surface area contributed by atoms with Crippen molar-refractivity contribution in [3.8, 4) is 0 Å². The first-order valence-corrected chi connectivity index (χ1v) is 9.28. The van der Waals surface area contributed by atoms with Gasteiger partial charge in [0.25, 0.3) is 0 Å². The second kappa shape index (κ2) is 9.62. The Bertz CT molecular complexity index is 774. The van der Waals surface area contributed by atoms with Gasteiger partial charge in [0.2, 0.25) is 0 Å². The summed E-state index contributed by atoms with van der Waals surface area (Å²) in [5, 5.41) is 0. The van der Waals surface area contributed by atoms with Crippen LogP contribution in [-0.4, -0.2) is 59.5 Å². The number of hydrogen-bond donors (Lipinski definition) is 0. The van der Waals surface area contributed by atoms with E-state index in [0.29, 0.717) is 0 Å². The van der Waals surface area contributed by atoms with Gasteiger partial charge in [-0.25, -0.2) is 0 Å². The van der Waals surface area contributed by atoms with Crippen molar-refractivity contribution in [1.82, 2.24) is 0 Å². The Balaban J connectivity index is 6.80. The summed E-state index contributed by atoms with van der Waals surface area (Å²) < 4.78 is 277. The van der Waals surface area contributed by atoms with E-state index in [4.69, 9.17) is 0 Å². The second-order valence-corrected chi connectivity index (χ2v) is 7.61. The zero-order valence-electron chi connectivity index (χ0n) is 17.5. The second-order valence-electron chi connectivity index (χ2n) is 7.61. The summed E-state index contributed by atoms with van der Waals surface area (Å²) in [6.07, 6.45) is -12.1. The normalized spacial score (nSPS) is 16.4. The molecule has 0 saturated heterocycles. The van der Waals surface area contributed by atoms with Crippen molar-refractivity contribution in [2.24, 2.45) is 0 Å². The van der Waals surface area contributed by atoms with Crippen molar-refractivity contribution in [3.63, 3.8) is 0 Å². The van der Waals surface area contributed by atoms with Gasteiger partial charge in [-0.15, -0.1) is 0 Å². The molecule has 21 heteroatoms. The minimum absolute atomic E-state index is 0.0651. The lowest BCUT2D eigenvalue weighted by molar-refractivity contribution is -0.474. The van der Waals surface area contributed by atoms with Crippen molar-refractivity contribution >= 4 is 0 Å². The molecule has 0 aliphatic carbocycles. The molecule has 0 rings (SSSR count). The highest BCUT2D eigenvalue weighted by atomic mass is 19.4. The monoisotopic (exact) mass is 604 g/mol. The first-order valence-electron chi connectivity index (χ1n) is 9.28. The van der Waals surface area contributed by atoms with E-state index in [-0.39, 0.29) is 12.8 Å². The van der Waals surface area contributed by atoms with E-state index in [1.165, 1.54) is 6.92 Å².